The zero-order valence-electron chi connectivity index (χ0n) is 8.84. The van der Waals surface area contributed by atoms with Crippen LogP contribution in [0.15, 0.2) is 10.7 Å². The Kier molecular flexibility index (Phi) is 5.45. The van der Waals surface area contributed by atoms with E-state index in [2.05, 4.69) is 41.6 Å². The van der Waals surface area contributed by atoms with E-state index >= 15 is 0 Å². The smallest absolute Gasteiger partial charge is 0.310 e. The van der Waals surface area contributed by atoms with Crippen molar-refractivity contribution in [1.29, 1.82) is 0 Å². The monoisotopic (exact) mass is 371 g/mol. The minimum Gasteiger partial charge on any atom is -0.469 e. The lowest BCUT2D eigenvalue weighted by molar-refractivity contribution is -0.139. The average Bonchev–Trinajstić information content (AvgIpc) is 2.30. The van der Waals surface area contributed by atoms with E-state index in [9.17, 15) is 13.6 Å². The van der Waals surface area contributed by atoms with E-state index < -0.39 is 12.4 Å². The number of hydrogen-bond donors (Lipinski definition) is 0. The molecule has 0 fully saturated rings. The van der Waals surface area contributed by atoms with Gasteiger partial charge in [-0.1, -0.05) is 15.9 Å². The van der Waals surface area contributed by atoms with Crippen molar-refractivity contribution >= 4 is 37.8 Å². The first kappa shape index (κ1) is 14.5. The Hall–Kier alpha value is -0.560. The van der Waals surface area contributed by atoms with Crippen LogP contribution in [-0.4, -0.2) is 18.1 Å². The predicted molar refractivity (Wildman–Crippen MR) is 65.2 cm³/mol. The molecule has 0 aromatic carbocycles. The molecule has 3 nitrogen and oxygen atoms in total. The van der Waals surface area contributed by atoms with Crippen LogP contribution in [0, 0.1) is 0 Å². The van der Waals surface area contributed by atoms with Gasteiger partial charge in [0.2, 0.25) is 0 Å². The van der Waals surface area contributed by atoms with Gasteiger partial charge in [-0.05, 0) is 15.9 Å². The Labute approximate surface area is 114 Å². The maximum atomic E-state index is 12.7. The van der Waals surface area contributed by atoms with Gasteiger partial charge in [0, 0.05) is 21.6 Å². The number of alkyl halides is 3. The lowest BCUT2D eigenvalue weighted by atomic mass is 10.1. The minimum atomic E-state index is -2.64. The number of methoxy groups -OCH3 is 1. The third-order valence-electron chi connectivity index (χ3n) is 2.14. The number of esters is 1. The predicted octanol–water partition coefficient (Wildman–Crippen LogP) is 3.39. The van der Waals surface area contributed by atoms with Gasteiger partial charge in [0.1, 0.15) is 0 Å². The lowest BCUT2D eigenvalue weighted by Crippen LogP contribution is -2.10. The standard InChI is InChI=1S/C10H9Br2F2NO2/c1-17-8(16)2-5-7(3-11)15-4-6(9(5)12)10(13)14/h4,10H,2-3H2,1H3. The second kappa shape index (κ2) is 6.39. The van der Waals surface area contributed by atoms with Crippen LogP contribution in [0.25, 0.3) is 0 Å². The van der Waals surface area contributed by atoms with Gasteiger partial charge in [-0.25, -0.2) is 8.78 Å². The molecule has 0 amide bonds. The number of aromatic nitrogens is 1. The van der Waals surface area contributed by atoms with Gasteiger partial charge < -0.3 is 4.74 Å². The highest BCUT2D eigenvalue weighted by Crippen LogP contribution is 2.32. The van der Waals surface area contributed by atoms with Crippen LogP contribution in [0.2, 0.25) is 0 Å². The topological polar surface area (TPSA) is 39.2 Å². The van der Waals surface area contributed by atoms with Gasteiger partial charge in [0.05, 0.1) is 24.8 Å². The van der Waals surface area contributed by atoms with Gasteiger partial charge in [0.15, 0.2) is 0 Å². The van der Waals surface area contributed by atoms with E-state index in [0.717, 1.165) is 6.20 Å². The normalized spacial score (nSPS) is 10.7. The van der Waals surface area contributed by atoms with Crippen molar-refractivity contribution in [2.45, 2.75) is 18.2 Å². The van der Waals surface area contributed by atoms with Gasteiger partial charge in [-0.2, -0.15) is 0 Å². The van der Waals surface area contributed by atoms with Crippen molar-refractivity contribution in [2.75, 3.05) is 7.11 Å². The molecular weight excluding hydrogens is 364 g/mol. The fourth-order valence-corrected chi connectivity index (χ4v) is 2.37. The van der Waals surface area contributed by atoms with E-state index in [4.69, 9.17) is 0 Å². The second-order valence-electron chi connectivity index (χ2n) is 3.14. The summed E-state index contributed by atoms with van der Waals surface area (Å²) in [5.74, 6) is -0.499. The number of hydrogen-bond acceptors (Lipinski definition) is 3. The summed E-state index contributed by atoms with van der Waals surface area (Å²) < 4.78 is 30.1. The third-order valence-corrected chi connectivity index (χ3v) is 3.60. The lowest BCUT2D eigenvalue weighted by Gasteiger charge is -2.11. The summed E-state index contributed by atoms with van der Waals surface area (Å²) in [7, 11) is 1.24. The summed E-state index contributed by atoms with van der Waals surface area (Å²) >= 11 is 6.28. The Morgan fingerprint density at radius 3 is 2.71 bits per heavy atom. The maximum absolute atomic E-state index is 12.7. The molecule has 0 atom stereocenters. The van der Waals surface area contributed by atoms with Gasteiger partial charge in [-0.15, -0.1) is 0 Å². The Morgan fingerprint density at radius 1 is 1.59 bits per heavy atom. The van der Waals surface area contributed by atoms with Crippen molar-refractivity contribution < 1.29 is 18.3 Å². The molecule has 0 spiro atoms. The Bertz CT molecular complexity index is 427. The Morgan fingerprint density at radius 2 is 2.24 bits per heavy atom. The summed E-state index contributed by atoms with van der Waals surface area (Å²) in [6, 6.07) is 0. The quantitative estimate of drug-likeness (QED) is 0.600. The molecule has 0 aliphatic heterocycles. The van der Waals surface area contributed by atoms with E-state index in [1.165, 1.54) is 7.11 Å². The van der Waals surface area contributed by atoms with E-state index in [1.54, 1.807) is 0 Å². The molecule has 0 aliphatic carbocycles. The summed E-state index contributed by atoms with van der Waals surface area (Å²) in [6.07, 6.45) is -1.63. The molecule has 0 aliphatic rings. The highest BCUT2D eigenvalue weighted by Gasteiger charge is 2.20. The zero-order valence-corrected chi connectivity index (χ0v) is 12.0. The molecule has 7 heteroatoms. The highest BCUT2D eigenvalue weighted by molar-refractivity contribution is 9.10. The first-order chi connectivity index (χ1) is 8.01. The number of carbonyl (C=O) groups excluding carboxylic acids is 1. The molecule has 0 N–H and O–H groups in total. The maximum Gasteiger partial charge on any atom is 0.310 e. The van der Waals surface area contributed by atoms with E-state index in [0.29, 0.717) is 16.6 Å². The minimum absolute atomic E-state index is 0.0917. The summed E-state index contributed by atoms with van der Waals surface area (Å²) in [6.45, 7) is 0. The molecule has 0 saturated heterocycles. The van der Waals surface area contributed by atoms with Crippen LogP contribution in [0.3, 0.4) is 0 Å². The van der Waals surface area contributed by atoms with Crippen molar-refractivity contribution in [3.05, 3.63) is 27.5 Å². The van der Waals surface area contributed by atoms with Crippen LogP contribution in [0.5, 0.6) is 0 Å². The van der Waals surface area contributed by atoms with E-state index in [-0.39, 0.29) is 16.5 Å². The fourth-order valence-electron chi connectivity index (χ4n) is 1.25. The van der Waals surface area contributed by atoms with Gasteiger partial charge in [-0.3, -0.25) is 9.78 Å². The van der Waals surface area contributed by atoms with Crippen LogP contribution in [0.1, 0.15) is 23.2 Å². The summed E-state index contributed by atoms with van der Waals surface area (Å²) in [5.41, 5.74) is 0.729. The SMILES string of the molecule is COC(=O)Cc1c(CBr)ncc(C(F)F)c1Br. The van der Waals surface area contributed by atoms with Crippen LogP contribution in [0.4, 0.5) is 8.78 Å². The molecule has 94 valence electrons. The molecule has 17 heavy (non-hydrogen) atoms. The highest BCUT2D eigenvalue weighted by atomic mass is 79.9. The number of nitrogens with zero attached hydrogens (tertiary/aromatic N) is 1. The van der Waals surface area contributed by atoms with Crippen LogP contribution in [-0.2, 0) is 21.3 Å². The van der Waals surface area contributed by atoms with Crippen LogP contribution >= 0.6 is 31.9 Å². The molecule has 0 saturated carbocycles. The third kappa shape index (κ3) is 3.45. The van der Waals surface area contributed by atoms with Gasteiger partial charge >= 0.3 is 5.97 Å². The second-order valence-corrected chi connectivity index (χ2v) is 4.49. The number of halogens is 4. The number of rotatable bonds is 4. The molecule has 1 aromatic heterocycles. The fraction of sp³-hybridized carbons (Fsp3) is 0.400. The zero-order chi connectivity index (χ0) is 13.0. The molecule has 0 radical (unpaired) electrons. The molecule has 1 rings (SSSR count). The molecular formula is C10H9Br2F2NO2. The van der Waals surface area contributed by atoms with Crippen molar-refractivity contribution in [3.8, 4) is 0 Å². The number of ether oxygens (including phenoxy) is 1. The summed E-state index contributed by atoms with van der Waals surface area (Å²) in [4.78, 5) is 15.1. The molecule has 1 heterocycles. The Balaban J connectivity index is 3.22. The molecule has 0 unspecified atom stereocenters. The molecule has 0 bridgehead atoms. The molecule has 1 aromatic rings. The van der Waals surface area contributed by atoms with E-state index in [1.807, 2.05) is 0 Å². The average molecular weight is 373 g/mol. The van der Waals surface area contributed by atoms with Gasteiger partial charge in [0.25, 0.3) is 6.43 Å². The van der Waals surface area contributed by atoms with Crippen LogP contribution < -0.4 is 0 Å². The number of pyridine rings is 1. The largest absolute Gasteiger partial charge is 0.469 e. The first-order valence-corrected chi connectivity index (χ1v) is 6.49. The van der Waals surface area contributed by atoms with Crippen molar-refractivity contribution in [2.24, 2.45) is 0 Å². The first-order valence-electron chi connectivity index (χ1n) is 4.58. The van der Waals surface area contributed by atoms with Crippen molar-refractivity contribution in [1.82, 2.24) is 4.98 Å². The number of carbonyl (C=O) groups is 1. The van der Waals surface area contributed by atoms with Crippen molar-refractivity contribution in [3.63, 3.8) is 0 Å². The summed E-state index contributed by atoms with van der Waals surface area (Å²) in [5, 5.41) is 0.376.